The number of aliphatic imine (C=N–C) groups is 1. The minimum Gasteiger partial charge on any atom is -0.386 e. The van der Waals surface area contributed by atoms with Gasteiger partial charge in [-0.15, -0.1) is 0 Å². The summed E-state index contributed by atoms with van der Waals surface area (Å²) in [6, 6.07) is 11.5. The van der Waals surface area contributed by atoms with Gasteiger partial charge in [0.1, 0.15) is 11.3 Å². The van der Waals surface area contributed by atoms with Crippen molar-refractivity contribution in [3.63, 3.8) is 0 Å². The number of nitrogens with zero attached hydrogens (tertiary/aromatic N) is 3. The summed E-state index contributed by atoms with van der Waals surface area (Å²) < 4.78 is 11.3. The van der Waals surface area contributed by atoms with E-state index in [0.717, 1.165) is 5.56 Å². The molecule has 7 heteroatoms. The van der Waals surface area contributed by atoms with Crippen molar-refractivity contribution in [2.24, 2.45) is 21.6 Å². The molecule has 1 aromatic carbocycles. The van der Waals surface area contributed by atoms with E-state index in [1.165, 1.54) is 0 Å². The van der Waals surface area contributed by atoms with Crippen molar-refractivity contribution in [1.82, 2.24) is 0 Å². The van der Waals surface area contributed by atoms with Gasteiger partial charge < -0.3 is 15.2 Å². The van der Waals surface area contributed by atoms with Crippen LogP contribution in [0.3, 0.4) is 0 Å². The van der Waals surface area contributed by atoms with Crippen LogP contribution in [0.1, 0.15) is 11.5 Å². The Labute approximate surface area is 131 Å². The van der Waals surface area contributed by atoms with E-state index in [0.29, 0.717) is 18.2 Å². The van der Waals surface area contributed by atoms with Crippen molar-refractivity contribution in [3.05, 3.63) is 34.9 Å². The average Bonchev–Trinajstić information content (AvgIpc) is 2.77. The van der Waals surface area contributed by atoms with Crippen LogP contribution < -0.4 is 5.73 Å². The molecule has 1 saturated heterocycles. The van der Waals surface area contributed by atoms with Crippen molar-refractivity contribution in [2.45, 2.75) is 11.8 Å². The van der Waals surface area contributed by atoms with Gasteiger partial charge >= 0.3 is 0 Å². The summed E-state index contributed by atoms with van der Waals surface area (Å²) in [6.07, 6.45) is 0. The molecule has 1 aromatic rings. The van der Waals surface area contributed by atoms with E-state index in [2.05, 4.69) is 17.1 Å². The topological polar surface area (TPSA) is 104 Å². The highest BCUT2D eigenvalue weighted by atomic mass is 35.5. The summed E-state index contributed by atoms with van der Waals surface area (Å²) in [5.74, 6) is -1.84. The number of halogens is 1. The van der Waals surface area contributed by atoms with E-state index in [1.807, 2.05) is 0 Å². The molecule has 2 aliphatic heterocycles. The van der Waals surface area contributed by atoms with Crippen molar-refractivity contribution in [2.75, 3.05) is 13.2 Å². The molecule has 1 aliphatic carbocycles. The van der Waals surface area contributed by atoms with E-state index < -0.39 is 22.7 Å². The normalized spacial score (nSPS) is 37.2. The third-order valence-electron chi connectivity index (χ3n) is 4.81. The molecule has 110 valence electrons. The maximum Gasteiger partial charge on any atom is 0.293 e. The van der Waals surface area contributed by atoms with Gasteiger partial charge in [-0.2, -0.15) is 10.5 Å². The molecule has 0 bridgehead atoms. The Morgan fingerprint density at radius 1 is 1.18 bits per heavy atom. The van der Waals surface area contributed by atoms with Gasteiger partial charge in [0.2, 0.25) is 0 Å². The van der Waals surface area contributed by atoms with E-state index >= 15 is 0 Å². The monoisotopic (exact) mass is 314 g/mol. The van der Waals surface area contributed by atoms with Crippen molar-refractivity contribution >= 4 is 17.4 Å². The minimum atomic E-state index is -1.48. The molecule has 1 spiro atoms. The van der Waals surface area contributed by atoms with Gasteiger partial charge in [0, 0.05) is 10.9 Å². The number of nitriles is 2. The predicted octanol–water partition coefficient (Wildman–Crippen LogP) is 1.53. The molecule has 2 fully saturated rings. The highest BCUT2D eigenvalue weighted by Gasteiger charge is 2.94. The zero-order valence-electron chi connectivity index (χ0n) is 11.4. The molecular weight excluding hydrogens is 304 g/mol. The molecule has 0 aromatic heterocycles. The Hall–Kier alpha value is -2.12. The summed E-state index contributed by atoms with van der Waals surface area (Å²) in [5.41, 5.74) is 4.34. The van der Waals surface area contributed by atoms with Crippen LogP contribution in [-0.2, 0) is 9.47 Å². The quantitative estimate of drug-likeness (QED) is 0.846. The fourth-order valence-corrected chi connectivity index (χ4v) is 4.00. The van der Waals surface area contributed by atoms with Crippen LogP contribution in [0.4, 0.5) is 0 Å². The smallest absolute Gasteiger partial charge is 0.293 e. The second-order valence-electron chi connectivity index (χ2n) is 5.60. The molecule has 2 N–H and O–H groups in total. The molecule has 0 radical (unpaired) electrons. The van der Waals surface area contributed by atoms with Gasteiger partial charge in [-0.3, -0.25) is 0 Å². The zero-order valence-corrected chi connectivity index (χ0v) is 12.2. The average molecular weight is 315 g/mol. The largest absolute Gasteiger partial charge is 0.386 e. The second kappa shape index (κ2) is 3.99. The maximum absolute atomic E-state index is 9.88. The molecule has 2 heterocycles. The molecule has 22 heavy (non-hydrogen) atoms. The number of fused-ring (bicyclic) bond motifs is 2. The van der Waals surface area contributed by atoms with Crippen LogP contribution in [-0.4, -0.2) is 25.0 Å². The third kappa shape index (κ3) is 1.17. The molecule has 1 saturated carbocycles. The van der Waals surface area contributed by atoms with Crippen LogP contribution >= 0.6 is 11.6 Å². The van der Waals surface area contributed by atoms with Gasteiger partial charge in [-0.25, -0.2) is 4.99 Å². The van der Waals surface area contributed by atoms with E-state index in [9.17, 15) is 10.5 Å². The number of ether oxygens (including phenoxy) is 2. The number of nitrogens with two attached hydrogens (primary N) is 1. The van der Waals surface area contributed by atoms with Crippen molar-refractivity contribution in [1.29, 1.82) is 10.5 Å². The van der Waals surface area contributed by atoms with Gasteiger partial charge in [-0.05, 0) is 17.7 Å². The summed E-state index contributed by atoms with van der Waals surface area (Å²) in [6.45, 7) is 0.629. The fourth-order valence-electron chi connectivity index (χ4n) is 3.87. The first-order valence-electron chi connectivity index (χ1n) is 6.80. The van der Waals surface area contributed by atoms with E-state index in [-0.39, 0.29) is 5.84 Å². The highest BCUT2D eigenvalue weighted by molar-refractivity contribution is 6.30. The number of benzene rings is 1. The molecule has 3 atom stereocenters. The Morgan fingerprint density at radius 2 is 1.82 bits per heavy atom. The van der Waals surface area contributed by atoms with Gasteiger partial charge in [0.05, 0.1) is 25.4 Å². The first kappa shape index (κ1) is 13.5. The lowest BCUT2D eigenvalue weighted by Crippen LogP contribution is -2.38. The Bertz CT molecular complexity index is 772. The SMILES string of the molecule is N#C[C@]12C(N)=NC3(OCCO3)[C@@]1(C#N)[C@@H]2c1ccc(Cl)cc1. The Morgan fingerprint density at radius 3 is 2.36 bits per heavy atom. The number of hydrogen-bond donors (Lipinski definition) is 1. The van der Waals surface area contributed by atoms with Gasteiger partial charge in [0.15, 0.2) is 5.41 Å². The van der Waals surface area contributed by atoms with Crippen LogP contribution in [0.25, 0.3) is 0 Å². The lowest BCUT2D eigenvalue weighted by molar-refractivity contribution is -0.184. The molecule has 0 unspecified atom stereocenters. The maximum atomic E-state index is 9.88. The number of amidine groups is 1. The lowest BCUT2D eigenvalue weighted by Gasteiger charge is -2.25. The van der Waals surface area contributed by atoms with Crippen LogP contribution in [0.5, 0.6) is 0 Å². The second-order valence-corrected chi connectivity index (χ2v) is 6.04. The summed E-state index contributed by atoms with van der Waals surface area (Å²) in [7, 11) is 0. The molecular formula is C15H11ClN4O2. The summed E-state index contributed by atoms with van der Waals surface area (Å²) in [5, 5.41) is 20.2. The van der Waals surface area contributed by atoms with E-state index in [1.54, 1.807) is 24.3 Å². The van der Waals surface area contributed by atoms with Crippen LogP contribution in [0, 0.1) is 33.5 Å². The molecule has 0 amide bonds. The lowest BCUT2D eigenvalue weighted by atomic mass is 9.94. The summed E-state index contributed by atoms with van der Waals surface area (Å²) >= 11 is 5.92. The van der Waals surface area contributed by atoms with Crippen molar-refractivity contribution < 1.29 is 9.47 Å². The van der Waals surface area contributed by atoms with Gasteiger partial charge in [0.25, 0.3) is 5.91 Å². The Balaban J connectivity index is 1.92. The number of hydrogen-bond acceptors (Lipinski definition) is 6. The number of rotatable bonds is 1. The third-order valence-corrected chi connectivity index (χ3v) is 5.06. The minimum absolute atomic E-state index is 0.0957. The van der Waals surface area contributed by atoms with E-state index in [4.69, 9.17) is 26.8 Å². The fraction of sp³-hybridized carbons (Fsp3) is 0.400. The van der Waals surface area contributed by atoms with Gasteiger partial charge in [-0.1, -0.05) is 23.7 Å². The molecule has 3 aliphatic rings. The predicted molar refractivity (Wildman–Crippen MR) is 76.5 cm³/mol. The molecule has 6 nitrogen and oxygen atoms in total. The highest BCUT2D eigenvalue weighted by Crippen LogP contribution is 2.82. The standard InChI is InChI=1S/C15H11ClN4O2/c16-10-3-1-9(2-4-10)11-13(7-17)12(19)20-15(14(11,13)8-18)21-5-6-22-15/h1-4,11H,5-6H2,(H2,19,20)/t11-,13+,14+/m1/s1. The van der Waals surface area contributed by atoms with Crippen LogP contribution in [0.2, 0.25) is 5.02 Å². The Kier molecular flexibility index (Phi) is 2.46. The first-order chi connectivity index (χ1) is 10.6. The molecule has 4 rings (SSSR count). The zero-order chi connectivity index (χ0) is 15.6. The van der Waals surface area contributed by atoms with Crippen LogP contribution in [0.15, 0.2) is 29.3 Å². The first-order valence-corrected chi connectivity index (χ1v) is 7.17. The van der Waals surface area contributed by atoms with Crippen molar-refractivity contribution in [3.8, 4) is 12.1 Å². The summed E-state index contributed by atoms with van der Waals surface area (Å²) in [4.78, 5) is 4.21.